The number of aliphatic hydroxyl groups excluding tert-OH is 2. The van der Waals surface area contributed by atoms with E-state index in [0.717, 1.165) is 29.5 Å². The van der Waals surface area contributed by atoms with E-state index in [2.05, 4.69) is 64.7 Å². The zero-order valence-electron chi connectivity index (χ0n) is 22.5. The molecule has 5 rings (SSSR count). The number of aromatic nitrogens is 1. The van der Waals surface area contributed by atoms with Gasteiger partial charge in [0, 0.05) is 26.0 Å². The largest absolute Gasteiger partial charge is 0.481 e. The summed E-state index contributed by atoms with van der Waals surface area (Å²) < 4.78 is 5.75. The molecule has 2 saturated carbocycles. The molecule has 1 aromatic heterocycles. The topological polar surface area (TPSA) is 66.5 Å². The van der Waals surface area contributed by atoms with Gasteiger partial charge in [-0.2, -0.15) is 0 Å². The van der Waals surface area contributed by atoms with Crippen LogP contribution in [0.15, 0.2) is 46.9 Å². The van der Waals surface area contributed by atoms with Crippen LogP contribution in [0.1, 0.15) is 85.1 Å². The van der Waals surface area contributed by atoms with Crippen LogP contribution < -0.4 is 0 Å². The van der Waals surface area contributed by atoms with Gasteiger partial charge in [-0.25, -0.2) is 0 Å². The molecule has 5 heteroatoms. The molecule has 0 spiro atoms. The number of benzene rings is 2. The Morgan fingerprint density at radius 3 is 2.31 bits per heavy atom. The molecule has 0 amide bonds. The van der Waals surface area contributed by atoms with Crippen molar-refractivity contribution in [2.75, 3.05) is 0 Å². The minimum Gasteiger partial charge on any atom is -0.481 e. The summed E-state index contributed by atoms with van der Waals surface area (Å²) >= 11 is 0. The minimum absolute atomic E-state index is 0. The predicted molar refractivity (Wildman–Crippen MR) is 142 cm³/mol. The molecule has 1 radical (unpaired) electrons. The average Bonchev–Trinajstić information content (AvgIpc) is 3.21. The van der Waals surface area contributed by atoms with Gasteiger partial charge in [0.2, 0.25) is 0 Å². The molecule has 2 N–H and O–H groups in total. The molecular weight excluding hydrogens is 627 g/mol. The van der Waals surface area contributed by atoms with Crippen LogP contribution in [0.25, 0.3) is 22.6 Å². The molecule has 2 aliphatic carbocycles. The van der Waals surface area contributed by atoms with Gasteiger partial charge in [0.1, 0.15) is 11.5 Å². The molecule has 0 saturated heterocycles. The van der Waals surface area contributed by atoms with Gasteiger partial charge in [0.05, 0.1) is 17.7 Å². The van der Waals surface area contributed by atoms with Crippen molar-refractivity contribution in [1.29, 1.82) is 0 Å². The van der Waals surface area contributed by atoms with E-state index in [0.29, 0.717) is 17.7 Å². The first-order valence-corrected chi connectivity index (χ1v) is 13.2. The Morgan fingerprint density at radius 2 is 1.64 bits per heavy atom. The third-order valence-electron chi connectivity index (χ3n) is 8.45. The van der Waals surface area contributed by atoms with Crippen molar-refractivity contribution in [2.24, 2.45) is 22.7 Å². The molecule has 0 aliphatic heterocycles. The summed E-state index contributed by atoms with van der Waals surface area (Å²) in [5.74, 6) is 1.73. The van der Waals surface area contributed by atoms with Gasteiger partial charge in [0.15, 0.2) is 0 Å². The normalized spacial score (nSPS) is 26.8. The van der Waals surface area contributed by atoms with Crippen LogP contribution in [-0.4, -0.2) is 27.4 Å². The number of nitrogens with zero attached hydrogens (tertiary/aromatic N) is 1. The van der Waals surface area contributed by atoms with Gasteiger partial charge < -0.3 is 14.6 Å². The molecule has 2 aliphatic rings. The zero-order chi connectivity index (χ0) is 25.4. The smallest absolute Gasteiger partial charge is 0.141 e. The first kappa shape index (κ1) is 29.0. The maximum absolute atomic E-state index is 10.7. The van der Waals surface area contributed by atoms with Gasteiger partial charge in [-0.1, -0.05) is 65.7 Å². The minimum atomic E-state index is -0.357. The Kier molecular flexibility index (Phi) is 9.26. The predicted octanol–water partition coefficient (Wildman–Crippen LogP) is 7.39. The van der Waals surface area contributed by atoms with Crippen LogP contribution in [0.3, 0.4) is 0 Å². The molecule has 2 fully saturated rings. The van der Waals surface area contributed by atoms with E-state index in [9.17, 15) is 10.2 Å². The number of hydrogen-bond acceptors (Lipinski definition) is 4. The standard InChI is InChI=1S/C16H14NO.C15H28O2.Ir/c1-11(2)12-6-5-7-13(10-12)16-17-14-8-3-4-9-15(14)18-16;1-14(2)8-5-6-10-7-9-15(3,4)13(17)11(10)12(14)16;/h3-6,8-11H,1-2H3;10-13,16-17H,5-9H2,1-4H3;/q-1;;. The SMILES string of the molecule is CC(C)c1cc[c-]c(-c2nc3ccccc3o2)c1.CC1(C)CCCC2CCC(C)(C)C(O)C2C1O.[Ir]. The summed E-state index contributed by atoms with van der Waals surface area (Å²) in [7, 11) is 0. The maximum Gasteiger partial charge on any atom is 0.141 e. The summed E-state index contributed by atoms with van der Waals surface area (Å²) in [4.78, 5) is 4.49. The fourth-order valence-corrected chi connectivity index (χ4v) is 5.89. The Labute approximate surface area is 230 Å². The molecule has 2 aromatic carbocycles. The summed E-state index contributed by atoms with van der Waals surface area (Å²) in [6.07, 6.45) is 4.99. The quantitative estimate of drug-likeness (QED) is 0.280. The Hall–Kier alpha value is -1.52. The van der Waals surface area contributed by atoms with Gasteiger partial charge in [-0.15, -0.1) is 29.8 Å². The molecule has 4 nitrogen and oxygen atoms in total. The molecule has 3 aromatic rings. The van der Waals surface area contributed by atoms with Gasteiger partial charge in [-0.3, -0.25) is 4.98 Å². The fourth-order valence-electron chi connectivity index (χ4n) is 5.89. The Balaban J connectivity index is 0.000000196. The molecule has 4 atom stereocenters. The van der Waals surface area contributed by atoms with E-state index in [-0.39, 0.29) is 49.1 Å². The van der Waals surface area contributed by atoms with Crippen molar-refractivity contribution in [3.8, 4) is 11.5 Å². The number of oxazole rings is 1. The number of rotatable bonds is 2. The summed E-state index contributed by atoms with van der Waals surface area (Å²) in [5, 5.41) is 21.3. The van der Waals surface area contributed by atoms with E-state index in [1.807, 2.05) is 30.3 Å². The molecule has 199 valence electrons. The number of para-hydroxylation sites is 2. The number of fused-ring (bicyclic) bond motifs is 2. The van der Waals surface area contributed by atoms with Crippen LogP contribution in [0.4, 0.5) is 0 Å². The molecule has 0 bridgehead atoms. The van der Waals surface area contributed by atoms with Crippen LogP contribution in [0, 0.1) is 28.7 Å². The number of hydrogen-bond donors (Lipinski definition) is 2. The first-order valence-electron chi connectivity index (χ1n) is 13.2. The second-order valence-electron chi connectivity index (χ2n) is 12.3. The van der Waals surface area contributed by atoms with Crippen molar-refractivity contribution in [3.63, 3.8) is 0 Å². The van der Waals surface area contributed by atoms with Crippen LogP contribution >= 0.6 is 0 Å². The van der Waals surface area contributed by atoms with Gasteiger partial charge in [0.25, 0.3) is 0 Å². The van der Waals surface area contributed by atoms with E-state index in [4.69, 9.17) is 4.42 Å². The average molecular weight is 669 g/mol. The molecular formula is C31H42IrNO3-. The summed E-state index contributed by atoms with van der Waals surface area (Å²) in [6, 6.07) is 17.1. The van der Waals surface area contributed by atoms with Crippen molar-refractivity contribution in [2.45, 2.75) is 91.8 Å². The third kappa shape index (κ3) is 6.13. The first-order chi connectivity index (χ1) is 16.5. The van der Waals surface area contributed by atoms with E-state index >= 15 is 0 Å². The third-order valence-corrected chi connectivity index (χ3v) is 8.45. The van der Waals surface area contributed by atoms with Crippen LogP contribution in [0.2, 0.25) is 0 Å². The number of aliphatic hydroxyl groups is 2. The van der Waals surface area contributed by atoms with E-state index in [1.54, 1.807) is 0 Å². The van der Waals surface area contributed by atoms with Crippen molar-refractivity contribution in [1.82, 2.24) is 4.98 Å². The van der Waals surface area contributed by atoms with Gasteiger partial charge in [-0.05, 0) is 60.5 Å². The Morgan fingerprint density at radius 1 is 0.972 bits per heavy atom. The van der Waals surface area contributed by atoms with E-state index < -0.39 is 0 Å². The molecule has 36 heavy (non-hydrogen) atoms. The molecule has 1 heterocycles. The zero-order valence-corrected chi connectivity index (χ0v) is 24.9. The maximum atomic E-state index is 10.7. The second kappa shape index (κ2) is 11.5. The monoisotopic (exact) mass is 669 g/mol. The second-order valence-corrected chi connectivity index (χ2v) is 12.3. The van der Waals surface area contributed by atoms with Crippen molar-refractivity contribution >= 4 is 11.1 Å². The summed E-state index contributed by atoms with van der Waals surface area (Å²) in [6.45, 7) is 12.9. The molecule has 4 unspecified atom stereocenters. The van der Waals surface area contributed by atoms with E-state index in [1.165, 1.54) is 24.8 Å². The van der Waals surface area contributed by atoms with Crippen LogP contribution in [-0.2, 0) is 20.1 Å². The van der Waals surface area contributed by atoms with Gasteiger partial charge >= 0.3 is 0 Å². The Bertz CT molecular complexity index is 1100. The fraction of sp³-hybridized carbons (Fsp3) is 0.581. The van der Waals surface area contributed by atoms with Crippen LogP contribution in [0.5, 0.6) is 0 Å². The van der Waals surface area contributed by atoms with Crippen molar-refractivity contribution < 1.29 is 34.7 Å². The van der Waals surface area contributed by atoms with Crippen molar-refractivity contribution in [3.05, 3.63) is 54.1 Å². The summed E-state index contributed by atoms with van der Waals surface area (Å²) in [5.41, 5.74) is 3.80.